The van der Waals surface area contributed by atoms with Gasteiger partial charge in [-0.3, -0.25) is 0 Å². The van der Waals surface area contributed by atoms with Crippen LogP contribution in [0.1, 0.15) is 0 Å². The van der Waals surface area contributed by atoms with E-state index >= 15 is 0 Å². The van der Waals surface area contributed by atoms with Crippen LogP contribution in [0.5, 0.6) is 0 Å². The Bertz CT molecular complexity index is 24.3. The zero-order valence-electron chi connectivity index (χ0n) is 3.13. The second-order valence-corrected chi connectivity index (χ2v) is 10.9. The van der Waals surface area contributed by atoms with Gasteiger partial charge in [-0.15, -0.1) is 33.2 Å². The van der Waals surface area contributed by atoms with Crippen molar-refractivity contribution in [3.63, 3.8) is 0 Å². The fourth-order valence-electron chi connectivity index (χ4n) is 0. The van der Waals surface area contributed by atoms with Crippen LogP contribution in [0.3, 0.4) is 0 Å². The maximum absolute atomic E-state index is 5.20. The van der Waals surface area contributed by atoms with Crippen LogP contribution >= 0.6 is 33.2 Å². The van der Waals surface area contributed by atoms with Gasteiger partial charge in [-0.2, -0.15) is 0 Å². The second-order valence-electron chi connectivity index (χ2n) is 0.781. The molecule has 0 rings (SSSR count). The van der Waals surface area contributed by atoms with Crippen molar-refractivity contribution in [2.45, 2.75) is 6.55 Å². The minimum absolute atomic E-state index is 0. The molecule has 4 radical (unpaired) electrons. The fraction of sp³-hybridized carbons (Fsp3) is 1.00. The zero-order valence-corrected chi connectivity index (χ0v) is 7.40. The molecule has 36 valence electrons. The second kappa shape index (κ2) is 3.32. The van der Waals surface area contributed by atoms with E-state index in [2.05, 4.69) is 0 Å². The normalized spacial score (nSPS) is 10.0. The molecule has 0 aliphatic heterocycles. The molecule has 5 heteroatoms. The van der Waals surface area contributed by atoms with Crippen LogP contribution in [0.2, 0.25) is 6.55 Å². The zero-order chi connectivity index (χ0) is 4.50. The van der Waals surface area contributed by atoms with Crippen LogP contribution in [-0.2, 0) is 0 Å². The van der Waals surface area contributed by atoms with Crippen LogP contribution < -0.4 is 0 Å². The third-order valence-corrected chi connectivity index (χ3v) is 0. The summed E-state index contributed by atoms with van der Waals surface area (Å²) in [6.45, 7) is 1.62. The Hall–Kier alpha value is 1.30. The summed E-state index contributed by atoms with van der Waals surface area (Å²) in [4.78, 5) is 0. The Morgan fingerprint density at radius 2 is 1.17 bits per heavy atom. The van der Waals surface area contributed by atoms with E-state index in [0.717, 1.165) is 0 Å². The monoisotopic (exact) mass is 176 g/mol. The molecule has 0 amide bonds. The minimum Gasteiger partial charge on any atom is -0.126 e. The van der Waals surface area contributed by atoms with Crippen LogP contribution in [0.15, 0.2) is 0 Å². The smallest absolute Gasteiger partial charge is 0.126 e. The first-order valence-electron chi connectivity index (χ1n) is 1.07. The molecule has 0 atom stereocenters. The van der Waals surface area contributed by atoms with E-state index in [0.29, 0.717) is 0 Å². The quantitative estimate of drug-likeness (QED) is 0.392. The van der Waals surface area contributed by atoms with Crippen molar-refractivity contribution < 1.29 is 0 Å². The molecule has 0 aliphatic rings. The summed E-state index contributed by atoms with van der Waals surface area (Å²) in [5, 5.41) is 0. The molecular weight excluding hydrogens is 175 g/mol. The Labute approximate surface area is 56.9 Å². The lowest BCUT2D eigenvalue weighted by atomic mass is 11.9. The van der Waals surface area contributed by atoms with Gasteiger partial charge >= 0.3 is 6.00 Å². The highest BCUT2D eigenvalue weighted by Gasteiger charge is 2.13. The minimum atomic E-state index is -2.19. The Balaban J connectivity index is 0. The van der Waals surface area contributed by atoms with E-state index in [1.165, 1.54) is 0 Å². The molecule has 0 aromatic carbocycles. The van der Waals surface area contributed by atoms with Gasteiger partial charge in [0, 0.05) is 11.0 Å². The summed E-state index contributed by atoms with van der Waals surface area (Å²) in [6.07, 6.45) is 0. The lowest BCUT2D eigenvalue weighted by Gasteiger charge is -1.89. The number of rotatable bonds is 0. The largest absolute Gasteiger partial charge is 0.338 e. The Morgan fingerprint density at radius 3 is 1.17 bits per heavy atom. The number of halogens is 3. The molecule has 0 saturated heterocycles. The molecule has 0 aliphatic carbocycles. The van der Waals surface area contributed by atoms with Gasteiger partial charge in [0.05, 0.1) is 0 Å². The molecular formula is CH3Cl3Si2. The summed E-state index contributed by atoms with van der Waals surface area (Å²) < 4.78 is 0. The summed E-state index contributed by atoms with van der Waals surface area (Å²) in [6, 6.07) is -2.19. The molecule has 0 bridgehead atoms. The van der Waals surface area contributed by atoms with Crippen molar-refractivity contribution in [1.82, 2.24) is 0 Å². The van der Waals surface area contributed by atoms with Gasteiger partial charge in [-0.05, 0) is 6.55 Å². The van der Waals surface area contributed by atoms with Crippen LogP contribution in [0.4, 0.5) is 0 Å². The summed E-state index contributed by atoms with van der Waals surface area (Å²) in [5.41, 5.74) is 0. The van der Waals surface area contributed by atoms with E-state index in [1.54, 1.807) is 6.55 Å². The highest BCUT2D eigenvalue weighted by molar-refractivity contribution is 7.64. The average molecular weight is 178 g/mol. The first-order valence-corrected chi connectivity index (χ1v) is 6.60. The maximum Gasteiger partial charge on any atom is 0.338 e. The van der Waals surface area contributed by atoms with E-state index in [-0.39, 0.29) is 11.0 Å². The molecule has 0 saturated carbocycles. The van der Waals surface area contributed by atoms with Gasteiger partial charge in [0.2, 0.25) is 0 Å². The molecule has 0 aromatic rings. The number of hydrogen-bond acceptors (Lipinski definition) is 0. The summed E-state index contributed by atoms with van der Waals surface area (Å²) >= 11 is 15.6. The Kier molecular flexibility index (Phi) is 5.72. The molecule has 0 unspecified atom stereocenters. The van der Waals surface area contributed by atoms with E-state index in [1.807, 2.05) is 0 Å². The predicted octanol–water partition coefficient (Wildman–Crippen LogP) is 1.89. The third kappa shape index (κ3) is 57.8. The highest BCUT2D eigenvalue weighted by Crippen LogP contribution is 2.17. The van der Waals surface area contributed by atoms with Crippen LogP contribution in [0.25, 0.3) is 0 Å². The standard InChI is InChI=1S/CH3Cl3Si.Si/c1-5(2,3)4;/h1H3;. The van der Waals surface area contributed by atoms with Gasteiger partial charge in [0.1, 0.15) is 0 Å². The van der Waals surface area contributed by atoms with Gasteiger partial charge < -0.3 is 0 Å². The third-order valence-electron chi connectivity index (χ3n) is 0. The van der Waals surface area contributed by atoms with Gasteiger partial charge in [0.25, 0.3) is 0 Å². The average Bonchev–Trinajstić information content (AvgIpc) is 0.722. The first-order chi connectivity index (χ1) is 2.00. The lowest BCUT2D eigenvalue weighted by Crippen LogP contribution is -1.97. The topological polar surface area (TPSA) is 0 Å². The van der Waals surface area contributed by atoms with E-state index in [4.69, 9.17) is 33.2 Å². The first kappa shape index (κ1) is 10.3. The molecule has 0 heterocycles. The molecule has 0 aromatic heterocycles. The van der Waals surface area contributed by atoms with Crippen LogP contribution in [-0.4, -0.2) is 17.0 Å². The lowest BCUT2D eigenvalue weighted by molar-refractivity contribution is 2.31. The molecule has 6 heavy (non-hydrogen) atoms. The van der Waals surface area contributed by atoms with Crippen LogP contribution in [0, 0.1) is 0 Å². The molecule has 0 fully saturated rings. The summed E-state index contributed by atoms with van der Waals surface area (Å²) in [7, 11) is 0. The molecule has 0 nitrogen and oxygen atoms in total. The van der Waals surface area contributed by atoms with Crippen molar-refractivity contribution in [2.24, 2.45) is 0 Å². The SMILES string of the molecule is C[Si](Cl)(Cl)Cl.[Si]. The fourth-order valence-corrected chi connectivity index (χ4v) is 0. The maximum atomic E-state index is 5.20. The number of hydrogen-bond donors (Lipinski definition) is 0. The van der Waals surface area contributed by atoms with E-state index < -0.39 is 6.00 Å². The predicted molar refractivity (Wildman–Crippen MR) is 34.9 cm³/mol. The molecule has 0 spiro atoms. The van der Waals surface area contributed by atoms with Gasteiger partial charge in [-0.25, -0.2) is 0 Å². The highest BCUT2D eigenvalue weighted by atomic mass is 35.8. The van der Waals surface area contributed by atoms with Crippen molar-refractivity contribution in [1.29, 1.82) is 0 Å². The Morgan fingerprint density at radius 1 is 1.17 bits per heavy atom. The van der Waals surface area contributed by atoms with E-state index in [9.17, 15) is 0 Å². The van der Waals surface area contributed by atoms with Crippen molar-refractivity contribution in [3.8, 4) is 0 Å². The van der Waals surface area contributed by atoms with Crippen molar-refractivity contribution in [2.75, 3.05) is 0 Å². The van der Waals surface area contributed by atoms with Gasteiger partial charge in [0.15, 0.2) is 0 Å². The van der Waals surface area contributed by atoms with Crippen molar-refractivity contribution in [3.05, 3.63) is 0 Å². The summed E-state index contributed by atoms with van der Waals surface area (Å²) in [5.74, 6) is 0. The molecule has 0 N–H and O–H groups in total. The van der Waals surface area contributed by atoms with Gasteiger partial charge in [-0.1, -0.05) is 0 Å². The van der Waals surface area contributed by atoms with Crippen molar-refractivity contribution >= 4 is 50.2 Å².